The zero-order chi connectivity index (χ0) is 14.4. The van der Waals surface area contributed by atoms with Crippen molar-refractivity contribution in [1.29, 1.82) is 0 Å². The first-order chi connectivity index (χ1) is 9.67. The summed E-state index contributed by atoms with van der Waals surface area (Å²) in [6.07, 6.45) is 0.160. The zero-order valence-corrected chi connectivity index (χ0v) is 13.1. The third-order valence-electron chi connectivity index (χ3n) is 3.13. The standard InChI is InChI=1S/C14H20BrN3O2/c1-16-8-13-9-18(5-6-20-13)10-14(19)17-12-4-2-3-11(15)7-12/h2-4,7,13,16H,5-6,8-10H2,1H3,(H,17,19). The highest BCUT2D eigenvalue weighted by atomic mass is 79.9. The summed E-state index contributed by atoms with van der Waals surface area (Å²) in [7, 11) is 1.91. The van der Waals surface area contributed by atoms with Crippen molar-refractivity contribution in [3.8, 4) is 0 Å². The van der Waals surface area contributed by atoms with Crippen molar-refractivity contribution in [1.82, 2.24) is 10.2 Å². The van der Waals surface area contributed by atoms with Crippen molar-refractivity contribution in [3.05, 3.63) is 28.7 Å². The number of halogens is 1. The number of nitrogens with zero attached hydrogens (tertiary/aromatic N) is 1. The van der Waals surface area contributed by atoms with Crippen LogP contribution in [0.15, 0.2) is 28.7 Å². The Morgan fingerprint density at radius 1 is 1.55 bits per heavy atom. The van der Waals surface area contributed by atoms with E-state index in [1.165, 1.54) is 0 Å². The van der Waals surface area contributed by atoms with E-state index in [0.29, 0.717) is 13.2 Å². The predicted octanol–water partition coefficient (Wildman–Crippen LogP) is 1.31. The molecule has 1 unspecified atom stereocenters. The maximum Gasteiger partial charge on any atom is 0.238 e. The first-order valence-corrected chi connectivity index (χ1v) is 7.50. The van der Waals surface area contributed by atoms with Crippen LogP contribution in [0.3, 0.4) is 0 Å². The summed E-state index contributed by atoms with van der Waals surface area (Å²) in [6, 6.07) is 7.60. The molecular weight excluding hydrogens is 322 g/mol. The first-order valence-electron chi connectivity index (χ1n) is 6.71. The fourth-order valence-corrected chi connectivity index (χ4v) is 2.64. The van der Waals surface area contributed by atoms with Crippen LogP contribution in [0.4, 0.5) is 5.69 Å². The normalized spacial score (nSPS) is 19.8. The molecule has 1 fully saturated rings. The van der Waals surface area contributed by atoms with Gasteiger partial charge in [-0.15, -0.1) is 0 Å². The number of nitrogens with one attached hydrogen (secondary N) is 2. The minimum atomic E-state index is 0.00760. The molecule has 1 aliphatic heterocycles. The van der Waals surface area contributed by atoms with Gasteiger partial charge >= 0.3 is 0 Å². The molecule has 1 saturated heterocycles. The van der Waals surface area contributed by atoms with Crippen molar-refractivity contribution in [2.75, 3.05) is 45.2 Å². The SMILES string of the molecule is CNCC1CN(CC(=O)Nc2cccc(Br)c2)CCO1. The Labute approximate surface area is 127 Å². The molecule has 20 heavy (non-hydrogen) atoms. The van der Waals surface area contributed by atoms with E-state index in [0.717, 1.165) is 29.8 Å². The number of rotatable bonds is 5. The smallest absolute Gasteiger partial charge is 0.238 e. The fraction of sp³-hybridized carbons (Fsp3) is 0.500. The number of hydrogen-bond donors (Lipinski definition) is 2. The van der Waals surface area contributed by atoms with Crippen LogP contribution in [0.1, 0.15) is 0 Å². The number of morpholine rings is 1. The van der Waals surface area contributed by atoms with E-state index < -0.39 is 0 Å². The molecule has 0 spiro atoms. The average Bonchev–Trinajstić information content (AvgIpc) is 2.39. The highest BCUT2D eigenvalue weighted by Gasteiger charge is 2.21. The van der Waals surface area contributed by atoms with Crippen LogP contribution in [0.25, 0.3) is 0 Å². The lowest BCUT2D eigenvalue weighted by molar-refractivity contribution is -0.119. The van der Waals surface area contributed by atoms with E-state index >= 15 is 0 Å². The molecule has 1 amide bonds. The van der Waals surface area contributed by atoms with Crippen molar-refractivity contribution in [2.24, 2.45) is 0 Å². The van der Waals surface area contributed by atoms with Crippen LogP contribution in [-0.4, -0.2) is 56.7 Å². The lowest BCUT2D eigenvalue weighted by Crippen LogP contribution is -2.48. The topological polar surface area (TPSA) is 53.6 Å². The Morgan fingerprint density at radius 3 is 3.15 bits per heavy atom. The predicted molar refractivity (Wildman–Crippen MR) is 82.9 cm³/mol. The molecule has 6 heteroatoms. The van der Waals surface area contributed by atoms with E-state index in [1.807, 2.05) is 31.3 Å². The van der Waals surface area contributed by atoms with E-state index in [-0.39, 0.29) is 12.0 Å². The molecule has 0 saturated carbocycles. The summed E-state index contributed by atoms with van der Waals surface area (Å²) in [6.45, 7) is 3.47. The van der Waals surface area contributed by atoms with Crippen LogP contribution in [0, 0.1) is 0 Å². The maximum atomic E-state index is 12.0. The second-order valence-electron chi connectivity index (χ2n) is 4.84. The van der Waals surface area contributed by atoms with Crippen molar-refractivity contribution in [3.63, 3.8) is 0 Å². The first kappa shape index (κ1) is 15.4. The van der Waals surface area contributed by atoms with Gasteiger partial charge in [-0.05, 0) is 25.2 Å². The van der Waals surface area contributed by atoms with E-state index in [1.54, 1.807) is 0 Å². The van der Waals surface area contributed by atoms with Gasteiger partial charge in [0.25, 0.3) is 0 Å². The van der Waals surface area contributed by atoms with Crippen molar-refractivity contribution < 1.29 is 9.53 Å². The molecule has 0 bridgehead atoms. The second-order valence-corrected chi connectivity index (χ2v) is 5.76. The molecule has 1 atom stereocenters. The molecule has 0 aromatic heterocycles. The summed E-state index contributed by atoms with van der Waals surface area (Å²) in [5.41, 5.74) is 0.810. The van der Waals surface area contributed by atoms with Crippen LogP contribution in [0.5, 0.6) is 0 Å². The Balaban J connectivity index is 1.82. The number of carbonyl (C=O) groups excluding carboxylic acids is 1. The lowest BCUT2D eigenvalue weighted by Gasteiger charge is -2.32. The van der Waals surface area contributed by atoms with Crippen LogP contribution < -0.4 is 10.6 Å². The number of anilines is 1. The highest BCUT2D eigenvalue weighted by Crippen LogP contribution is 2.15. The van der Waals surface area contributed by atoms with Crippen molar-refractivity contribution >= 4 is 27.5 Å². The van der Waals surface area contributed by atoms with Crippen LogP contribution in [-0.2, 0) is 9.53 Å². The lowest BCUT2D eigenvalue weighted by atomic mass is 10.2. The summed E-state index contributed by atoms with van der Waals surface area (Å²) in [5.74, 6) is 0.00760. The molecule has 2 rings (SSSR count). The van der Waals surface area contributed by atoms with Crippen LogP contribution in [0.2, 0.25) is 0 Å². The minimum absolute atomic E-state index is 0.00760. The summed E-state index contributed by atoms with van der Waals surface area (Å²) >= 11 is 3.39. The highest BCUT2D eigenvalue weighted by molar-refractivity contribution is 9.10. The zero-order valence-electron chi connectivity index (χ0n) is 11.6. The van der Waals surface area contributed by atoms with E-state index in [2.05, 4.69) is 31.5 Å². The number of carbonyl (C=O) groups is 1. The van der Waals surface area contributed by atoms with Gasteiger partial charge in [0.1, 0.15) is 0 Å². The van der Waals surface area contributed by atoms with Gasteiger partial charge in [0.15, 0.2) is 0 Å². The van der Waals surface area contributed by atoms with Gasteiger partial charge < -0.3 is 15.4 Å². The molecular formula is C14H20BrN3O2. The molecule has 1 heterocycles. The van der Waals surface area contributed by atoms with Crippen LogP contribution >= 0.6 is 15.9 Å². The van der Waals surface area contributed by atoms with Crippen molar-refractivity contribution in [2.45, 2.75) is 6.10 Å². The quantitative estimate of drug-likeness (QED) is 0.847. The van der Waals surface area contributed by atoms with Gasteiger partial charge in [0.2, 0.25) is 5.91 Å². The third kappa shape index (κ3) is 4.86. The number of hydrogen-bond acceptors (Lipinski definition) is 4. The summed E-state index contributed by atoms with van der Waals surface area (Å²) in [4.78, 5) is 14.2. The Bertz CT molecular complexity index is 454. The minimum Gasteiger partial charge on any atom is -0.374 e. The van der Waals surface area contributed by atoms with Gasteiger partial charge in [-0.3, -0.25) is 9.69 Å². The van der Waals surface area contributed by atoms with E-state index in [9.17, 15) is 4.79 Å². The molecule has 1 aromatic rings. The molecule has 110 valence electrons. The monoisotopic (exact) mass is 341 g/mol. The van der Waals surface area contributed by atoms with Gasteiger partial charge in [0.05, 0.1) is 19.3 Å². The molecule has 0 aliphatic carbocycles. The van der Waals surface area contributed by atoms with Gasteiger partial charge in [-0.1, -0.05) is 22.0 Å². The third-order valence-corrected chi connectivity index (χ3v) is 3.62. The second kappa shape index (κ2) is 7.73. The fourth-order valence-electron chi connectivity index (χ4n) is 2.25. The Morgan fingerprint density at radius 2 is 2.40 bits per heavy atom. The molecule has 1 aromatic carbocycles. The Hall–Kier alpha value is -0.950. The Kier molecular flexibility index (Phi) is 5.97. The van der Waals surface area contributed by atoms with Gasteiger partial charge in [-0.2, -0.15) is 0 Å². The molecule has 0 radical (unpaired) electrons. The number of amides is 1. The maximum absolute atomic E-state index is 12.0. The number of ether oxygens (including phenoxy) is 1. The average molecular weight is 342 g/mol. The van der Waals surface area contributed by atoms with Gasteiger partial charge in [-0.25, -0.2) is 0 Å². The van der Waals surface area contributed by atoms with Gasteiger partial charge in [0, 0.05) is 29.8 Å². The molecule has 2 N–H and O–H groups in total. The number of benzene rings is 1. The molecule has 1 aliphatic rings. The largest absolute Gasteiger partial charge is 0.374 e. The summed E-state index contributed by atoms with van der Waals surface area (Å²) in [5, 5.41) is 6.01. The summed E-state index contributed by atoms with van der Waals surface area (Å²) < 4.78 is 6.58. The van der Waals surface area contributed by atoms with E-state index in [4.69, 9.17) is 4.74 Å². The molecule has 5 nitrogen and oxygen atoms in total. The number of likely N-dealkylation sites (N-methyl/N-ethyl adjacent to an activating group) is 1.